The SMILES string of the molecule is CCOC(=O)C1=C2CC(c3nnn[nH]3)CN2C(c2nccs2)=N[C@H]1c1ccc(F)cc1Cl. The first-order valence-electron chi connectivity index (χ1n) is 9.90. The van der Waals surface area contributed by atoms with Crippen molar-refractivity contribution in [3.05, 3.63) is 68.3 Å². The number of benzene rings is 1. The van der Waals surface area contributed by atoms with Crippen LogP contribution in [0.2, 0.25) is 5.02 Å². The number of H-pyrrole nitrogens is 1. The van der Waals surface area contributed by atoms with Crippen LogP contribution in [-0.4, -0.2) is 55.5 Å². The van der Waals surface area contributed by atoms with Crippen LogP contribution in [0.4, 0.5) is 4.39 Å². The van der Waals surface area contributed by atoms with Crippen molar-refractivity contribution in [3.63, 3.8) is 0 Å². The van der Waals surface area contributed by atoms with Gasteiger partial charge in [0.15, 0.2) is 16.7 Å². The average molecular weight is 474 g/mol. The van der Waals surface area contributed by atoms with Gasteiger partial charge < -0.3 is 9.64 Å². The van der Waals surface area contributed by atoms with E-state index in [1.807, 2.05) is 10.3 Å². The molecule has 5 rings (SSSR count). The highest BCUT2D eigenvalue weighted by molar-refractivity contribution is 7.11. The number of carbonyl (C=O) groups excluding carboxylic acids is 1. The van der Waals surface area contributed by atoms with E-state index in [2.05, 4.69) is 25.6 Å². The zero-order chi connectivity index (χ0) is 22.2. The predicted molar refractivity (Wildman–Crippen MR) is 115 cm³/mol. The number of aliphatic imine (C=N–C) groups is 1. The molecule has 0 bridgehead atoms. The first kappa shape index (κ1) is 20.7. The fourth-order valence-corrected chi connectivity index (χ4v) is 4.95. The maximum atomic E-state index is 13.8. The minimum Gasteiger partial charge on any atom is -0.463 e. The van der Waals surface area contributed by atoms with Gasteiger partial charge in [-0.05, 0) is 29.5 Å². The van der Waals surface area contributed by atoms with E-state index in [1.54, 1.807) is 19.2 Å². The van der Waals surface area contributed by atoms with Crippen molar-refractivity contribution in [1.82, 2.24) is 30.5 Å². The molecule has 2 aliphatic heterocycles. The van der Waals surface area contributed by atoms with Crippen molar-refractivity contribution in [2.45, 2.75) is 25.3 Å². The molecule has 2 aliphatic rings. The summed E-state index contributed by atoms with van der Waals surface area (Å²) in [5, 5.41) is 17.0. The third-order valence-corrected chi connectivity index (χ3v) is 6.48. The number of thiazole rings is 1. The summed E-state index contributed by atoms with van der Waals surface area (Å²) < 4.78 is 19.1. The lowest BCUT2D eigenvalue weighted by molar-refractivity contribution is -0.139. The number of amidine groups is 1. The third kappa shape index (κ3) is 3.56. The van der Waals surface area contributed by atoms with Crippen molar-refractivity contribution < 1.29 is 13.9 Å². The molecule has 1 unspecified atom stereocenters. The highest BCUT2D eigenvalue weighted by atomic mass is 35.5. The molecule has 0 saturated carbocycles. The number of hydrogen-bond acceptors (Lipinski definition) is 9. The first-order valence-corrected chi connectivity index (χ1v) is 11.2. The molecular weight excluding hydrogens is 457 g/mol. The number of hydrogen-bond donors (Lipinski definition) is 1. The Balaban J connectivity index is 1.69. The van der Waals surface area contributed by atoms with Crippen LogP contribution in [-0.2, 0) is 9.53 Å². The van der Waals surface area contributed by atoms with Crippen molar-refractivity contribution in [1.29, 1.82) is 0 Å². The Morgan fingerprint density at radius 1 is 1.44 bits per heavy atom. The fourth-order valence-electron chi connectivity index (χ4n) is 4.04. The number of nitrogens with one attached hydrogen (secondary N) is 1. The molecule has 12 heteroatoms. The van der Waals surface area contributed by atoms with E-state index in [1.165, 1.54) is 23.5 Å². The number of rotatable bonds is 5. The molecule has 2 aromatic heterocycles. The van der Waals surface area contributed by atoms with E-state index in [9.17, 15) is 9.18 Å². The van der Waals surface area contributed by atoms with E-state index < -0.39 is 17.8 Å². The van der Waals surface area contributed by atoms with Crippen LogP contribution in [0.15, 0.2) is 46.0 Å². The van der Waals surface area contributed by atoms with Crippen LogP contribution in [0.5, 0.6) is 0 Å². The minimum atomic E-state index is -0.765. The Morgan fingerprint density at radius 2 is 2.31 bits per heavy atom. The summed E-state index contributed by atoms with van der Waals surface area (Å²) in [7, 11) is 0. The number of nitrogens with zero attached hydrogens (tertiary/aromatic N) is 6. The highest BCUT2D eigenvalue weighted by Crippen LogP contribution is 2.45. The largest absolute Gasteiger partial charge is 0.463 e. The molecule has 0 aliphatic carbocycles. The molecule has 0 amide bonds. The Bertz CT molecular complexity index is 1210. The van der Waals surface area contributed by atoms with Gasteiger partial charge in [0.25, 0.3) is 0 Å². The predicted octanol–water partition coefficient (Wildman–Crippen LogP) is 3.26. The lowest BCUT2D eigenvalue weighted by atomic mass is 9.93. The zero-order valence-corrected chi connectivity index (χ0v) is 18.4. The summed E-state index contributed by atoms with van der Waals surface area (Å²) in [6, 6.07) is 3.30. The third-order valence-electron chi connectivity index (χ3n) is 5.38. The molecule has 164 valence electrons. The van der Waals surface area contributed by atoms with Crippen LogP contribution in [0.1, 0.15) is 41.7 Å². The lowest BCUT2D eigenvalue weighted by Crippen LogP contribution is -2.35. The number of tetrazole rings is 1. The highest BCUT2D eigenvalue weighted by Gasteiger charge is 2.43. The second-order valence-electron chi connectivity index (χ2n) is 7.24. The van der Waals surface area contributed by atoms with Gasteiger partial charge >= 0.3 is 5.97 Å². The molecule has 2 atom stereocenters. The van der Waals surface area contributed by atoms with Gasteiger partial charge in [-0.1, -0.05) is 17.7 Å². The molecule has 1 fully saturated rings. The molecular formula is C20H17ClFN7O2S. The number of ether oxygens (including phenoxy) is 1. The standard InChI is InChI=1S/C20H17ClFN7O2S/c1-2-31-20(30)15-14-7-10(17-25-27-28-26-17)9-29(14)18(19-23-5-6-32-19)24-16(15)12-4-3-11(22)8-13(12)21/h3-6,8,10,16H,2,7,9H2,1H3,(H,25,26,27,28)/t10?,16-/m0/s1. The van der Waals surface area contributed by atoms with Crippen LogP contribution >= 0.6 is 22.9 Å². The summed E-state index contributed by atoms with van der Waals surface area (Å²) in [5.74, 6) is 0.186. The molecule has 0 spiro atoms. The van der Waals surface area contributed by atoms with Crippen LogP contribution in [0.25, 0.3) is 0 Å². The van der Waals surface area contributed by atoms with Crippen molar-refractivity contribution in [2.24, 2.45) is 4.99 Å². The lowest BCUT2D eigenvalue weighted by Gasteiger charge is -2.31. The maximum absolute atomic E-state index is 13.8. The van der Waals surface area contributed by atoms with E-state index in [4.69, 9.17) is 21.3 Å². The van der Waals surface area contributed by atoms with Crippen molar-refractivity contribution >= 4 is 34.7 Å². The summed E-state index contributed by atoms with van der Waals surface area (Å²) in [4.78, 5) is 24.4. The summed E-state index contributed by atoms with van der Waals surface area (Å²) in [6.45, 7) is 2.46. The van der Waals surface area contributed by atoms with Gasteiger partial charge in [-0.15, -0.1) is 16.4 Å². The average Bonchev–Trinajstić information content (AvgIpc) is 3.54. The monoisotopic (exact) mass is 473 g/mol. The molecule has 0 radical (unpaired) electrons. The van der Waals surface area contributed by atoms with Gasteiger partial charge in [-0.25, -0.2) is 19.3 Å². The number of allylic oxidation sites excluding steroid dienone is 1. The molecule has 1 saturated heterocycles. The number of aromatic nitrogens is 5. The van der Waals surface area contributed by atoms with Crippen LogP contribution in [0.3, 0.4) is 0 Å². The van der Waals surface area contributed by atoms with Gasteiger partial charge in [-0.2, -0.15) is 0 Å². The summed E-state index contributed by atoms with van der Waals surface area (Å²) >= 11 is 7.83. The van der Waals surface area contributed by atoms with Crippen LogP contribution in [0, 0.1) is 5.82 Å². The van der Waals surface area contributed by atoms with Gasteiger partial charge in [-0.3, -0.25) is 4.99 Å². The Kier molecular flexibility index (Phi) is 5.43. The maximum Gasteiger partial charge on any atom is 0.338 e. The Hall–Kier alpha value is -3.18. The van der Waals surface area contributed by atoms with Gasteiger partial charge in [0.05, 0.1) is 12.2 Å². The second kappa shape index (κ2) is 8.40. The molecule has 1 N–H and O–H groups in total. The zero-order valence-electron chi connectivity index (χ0n) is 16.8. The van der Waals surface area contributed by atoms with E-state index in [0.29, 0.717) is 40.8 Å². The molecule has 1 aromatic carbocycles. The molecule has 4 heterocycles. The first-order chi connectivity index (χ1) is 15.6. The van der Waals surface area contributed by atoms with Crippen molar-refractivity contribution in [2.75, 3.05) is 13.2 Å². The number of fused-ring (bicyclic) bond motifs is 1. The second-order valence-corrected chi connectivity index (χ2v) is 8.54. The Labute approximate surface area is 191 Å². The van der Waals surface area contributed by atoms with Crippen molar-refractivity contribution in [3.8, 4) is 0 Å². The molecule has 32 heavy (non-hydrogen) atoms. The number of carbonyl (C=O) groups is 1. The van der Waals surface area contributed by atoms with Crippen LogP contribution < -0.4 is 0 Å². The normalized spacial score (nSPS) is 20.3. The van der Waals surface area contributed by atoms with E-state index >= 15 is 0 Å². The fraction of sp³-hybridized carbons (Fsp3) is 0.300. The van der Waals surface area contributed by atoms with Gasteiger partial charge in [0.1, 0.15) is 11.9 Å². The number of halogens is 2. The topological polar surface area (TPSA) is 109 Å². The van der Waals surface area contributed by atoms with E-state index in [-0.39, 0.29) is 17.5 Å². The minimum absolute atomic E-state index is 0.0861. The molecule has 9 nitrogen and oxygen atoms in total. The summed E-state index contributed by atoms with van der Waals surface area (Å²) in [6.07, 6.45) is 2.19. The smallest absolute Gasteiger partial charge is 0.338 e. The molecule has 3 aromatic rings. The van der Waals surface area contributed by atoms with Gasteiger partial charge in [0, 0.05) is 46.7 Å². The number of esters is 1. The van der Waals surface area contributed by atoms with Gasteiger partial charge in [0.2, 0.25) is 0 Å². The van der Waals surface area contributed by atoms with E-state index in [0.717, 1.165) is 5.70 Å². The summed E-state index contributed by atoms with van der Waals surface area (Å²) in [5.41, 5.74) is 1.63. The number of aromatic amines is 1. The quantitative estimate of drug-likeness (QED) is 0.566. The Morgan fingerprint density at radius 3 is 3.00 bits per heavy atom.